The fourth-order valence-electron chi connectivity index (χ4n) is 6.73. The molecule has 7 heteroatoms. The van der Waals surface area contributed by atoms with Crippen molar-refractivity contribution in [1.82, 2.24) is 0 Å². The number of ether oxygens (including phenoxy) is 3. The fraction of sp³-hybridized carbons (Fsp3) is 0.459. The molecule has 0 amide bonds. The van der Waals surface area contributed by atoms with Gasteiger partial charge in [0.25, 0.3) is 0 Å². The highest BCUT2D eigenvalue weighted by Gasteiger charge is 2.53. The van der Waals surface area contributed by atoms with Crippen LogP contribution in [-0.2, 0) is 31.8 Å². The SMILES string of the molecule is COC(OC)C1CCN(c2ccc(C3=C(B4OC(C)(C)C(C)(C)O4)CCc4cc(OCc5ccccc5)ccc43)cc2)CC1. The number of rotatable bonds is 9. The van der Waals surface area contributed by atoms with E-state index in [2.05, 4.69) is 87.2 Å². The molecule has 2 fully saturated rings. The van der Waals surface area contributed by atoms with E-state index in [0.29, 0.717) is 12.5 Å². The van der Waals surface area contributed by atoms with E-state index in [1.165, 1.54) is 33.4 Å². The second kappa shape index (κ2) is 12.7. The van der Waals surface area contributed by atoms with Crippen molar-refractivity contribution in [3.8, 4) is 5.75 Å². The summed E-state index contributed by atoms with van der Waals surface area (Å²) in [5.41, 5.74) is 7.76. The molecule has 232 valence electrons. The van der Waals surface area contributed by atoms with Crippen molar-refractivity contribution in [2.45, 2.75) is 77.5 Å². The molecule has 0 spiro atoms. The summed E-state index contributed by atoms with van der Waals surface area (Å²) in [5, 5.41) is 0. The molecule has 3 aromatic carbocycles. The van der Waals surface area contributed by atoms with Gasteiger partial charge in [0.2, 0.25) is 0 Å². The van der Waals surface area contributed by atoms with Gasteiger partial charge in [-0.15, -0.1) is 0 Å². The lowest BCUT2D eigenvalue weighted by atomic mass is 9.66. The standard InChI is InChI=1S/C37H46BNO5/c1-36(2)37(3,4)44-38(43-36)33-19-14-29-24-31(42-25-26-10-8-7-9-11-26)17-18-32(29)34(33)27-12-15-30(16-13-27)39-22-20-28(21-23-39)35(40-5)41-6/h7-13,15-18,24,28,35H,14,19-23,25H2,1-6H3. The van der Waals surface area contributed by atoms with Crippen molar-refractivity contribution in [3.63, 3.8) is 0 Å². The van der Waals surface area contributed by atoms with Gasteiger partial charge >= 0.3 is 7.12 Å². The van der Waals surface area contributed by atoms with Crippen LogP contribution in [0.4, 0.5) is 5.69 Å². The second-order valence-electron chi connectivity index (χ2n) is 13.3. The summed E-state index contributed by atoms with van der Waals surface area (Å²) in [4.78, 5) is 2.47. The molecule has 0 aromatic heterocycles. The van der Waals surface area contributed by atoms with Gasteiger partial charge in [-0.3, -0.25) is 0 Å². The number of allylic oxidation sites excluding steroid dienone is 1. The third kappa shape index (κ3) is 6.21. The maximum absolute atomic E-state index is 6.61. The van der Waals surface area contributed by atoms with Crippen LogP contribution in [0.3, 0.4) is 0 Å². The Hall–Kier alpha value is -3.10. The van der Waals surface area contributed by atoms with E-state index >= 15 is 0 Å². The summed E-state index contributed by atoms with van der Waals surface area (Å²) in [6.07, 6.45) is 3.75. The molecule has 2 heterocycles. The smallest absolute Gasteiger partial charge is 0.489 e. The highest BCUT2D eigenvalue weighted by molar-refractivity contribution is 6.56. The molecule has 2 aliphatic heterocycles. The highest BCUT2D eigenvalue weighted by Crippen LogP contribution is 2.45. The van der Waals surface area contributed by atoms with Crippen molar-refractivity contribution in [2.75, 3.05) is 32.2 Å². The quantitative estimate of drug-likeness (QED) is 0.189. The van der Waals surface area contributed by atoms with Gasteiger partial charge in [-0.05, 0) is 111 Å². The van der Waals surface area contributed by atoms with E-state index in [-0.39, 0.29) is 13.4 Å². The van der Waals surface area contributed by atoms with Gasteiger partial charge in [-0.1, -0.05) is 48.5 Å². The van der Waals surface area contributed by atoms with E-state index in [1.54, 1.807) is 14.2 Å². The summed E-state index contributed by atoms with van der Waals surface area (Å²) in [6, 6.07) is 25.9. The Morgan fingerprint density at radius 2 is 1.50 bits per heavy atom. The van der Waals surface area contributed by atoms with Crippen molar-refractivity contribution in [1.29, 1.82) is 0 Å². The minimum absolute atomic E-state index is 0.129. The van der Waals surface area contributed by atoms with E-state index in [9.17, 15) is 0 Å². The fourth-order valence-corrected chi connectivity index (χ4v) is 6.73. The summed E-state index contributed by atoms with van der Waals surface area (Å²) in [7, 11) is 3.08. The molecule has 0 unspecified atom stereocenters. The van der Waals surface area contributed by atoms with Gasteiger partial charge < -0.3 is 28.4 Å². The van der Waals surface area contributed by atoms with Gasteiger partial charge in [0.05, 0.1) is 11.2 Å². The number of methoxy groups -OCH3 is 2. The van der Waals surface area contributed by atoms with Gasteiger partial charge in [-0.2, -0.15) is 0 Å². The van der Waals surface area contributed by atoms with Crippen LogP contribution in [0.1, 0.15) is 69.2 Å². The third-order valence-corrected chi connectivity index (χ3v) is 10.0. The highest BCUT2D eigenvalue weighted by atomic mass is 16.7. The molecule has 44 heavy (non-hydrogen) atoms. The monoisotopic (exact) mass is 595 g/mol. The number of benzene rings is 3. The van der Waals surface area contributed by atoms with Gasteiger partial charge in [0, 0.05) is 38.9 Å². The predicted octanol–water partition coefficient (Wildman–Crippen LogP) is 7.48. The minimum atomic E-state index is -0.397. The first-order valence-corrected chi connectivity index (χ1v) is 16.0. The average molecular weight is 596 g/mol. The predicted molar refractivity (Wildman–Crippen MR) is 177 cm³/mol. The number of aryl methyl sites for hydroxylation is 1. The van der Waals surface area contributed by atoms with Crippen LogP contribution < -0.4 is 9.64 Å². The first-order chi connectivity index (χ1) is 21.2. The molecule has 0 N–H and O–H groups in total. The van der Waals surface area contributed by atoms with Gasteiger partial charge in [0.15, 0.2) is 6.29 Å². The van der Waals surface area contributed by atoms with E-state index in [4.69, 9.17) is 23.5 Å². The van der Waals surface area contributed by atoms with Gasteiger partial charge in [-0.25, -0.2) is 0 Å². The normalized spacial score (nSPS) is 19.9. The molecular formula is C37H46BNO5. The first kappa shape index (κ1) is 30.9. The molecule has 3 aliphatic rings. The summed E-state index contributed by atoms with van der Waals surface area (Å²) < 4.78 is 30.5. The van der Waals surface area contributed by atoms with Crippen LogP contribution in [0, 0.1) is 5.92 Å². The summed E-state index contributed by atoms with van der Waals surface area (Å²) in [6.45, 7) is 11.0. The van der Waals surface area contributed by atoms with Crippen molar-refractivity contribution >= 4 is 18.4 Å². The largest absolute Gasteiger partial charge is 0.491 e. The van der Waals surface area contributed by atoms with Crippen LogP contribution in [0.25, 0.3) is 5.57 Å². The Morgan fingerprint density at radius 3 is 2.14 bits per heavy atom. The average Bonchev–Trinajstić information content (AvgIpc) is 3.26. The zero-order chi connectivity index (χ0) is 30.9. The Kier molecular flexibility index (Phi) is 8.94. The number of fused-ring (bicyclic) bond motifs is 1. The first-order valence-electron chi connectivity index (χ1n) is 16.0. The van der Waals surface area contributed by atoms with Crippen LogP contribution in [0.2, 0.25) is 0 Å². The zero-order valence-corrected chi connectivity index (χ0v) is 27.1. The Bertz CT molecular complexity index is 1440. The summed E-state index contributed by atoms with van der Waals surface area (Å²) >= 11 is 0. The van der Waals surface area contributed by atoms with Crippen molar-refractivity contribution < 1.29 is 23.5 Å². The molecule has 2 saturated heterocycles. The molecule has 1 aliphatic carbocycles. The number of hydrogen-bond donors (Lipinski definition) is 0. The second-order valence-corrected chi connectivity index (χ2v) is 13.3. The molecule has 0 saturated carbocycles. The molecule has 3 aromatic rings. The van der Waals surface area contributed by atoms with E-state index in [1.807, 2.05) is 18.2 Å². The molecule has 6 rings (SSSR count). The number of nitrogens with zero attached hydrogens (tertiary/aromatic N) is 1. The van der Waals surface area contributed by atoms with Crippen molar-refractivity contribution in [2.24, 2.45) is 5.92 Å². The zero-order valence-electron chi connectivity index (χ0n) is 27.1. The lowest BCUT2D eigenvalue weighted by Crippen LogP contribution is -2.41. The van der Waals surface area contributed by atoms with E-state index < -0.39 is 11.2 Å². The number of hydrogen-bond acceptors (Lipinski definition) is 6. The molecule has 0 bridgehead atoms. The van der Waals surface area contributed by atoms with Crippen LogP contribution >= 0.6 is 0 Å². The Morgan fingerprint density at radius 1 is 0.841 bits per heavy atom. The maximum atomic E-state index is 6.61. The summed E-state index contributed by atoms with van der Waals surface area (Å²) in [5.74, 6) is 1.32. The van der Waals surface area contributed by atoms with Crippen LogP contribution in [0.5, 0.6) is 5.75 Å². The van der Waals surface area contributed by atoms with E-state index in [0.717, 1.165) is 50.1 Å². The molecular weight excluding hydrogens is 549 g/mol. The molecule has 0 radical (unpaired) electrons. The minimum Gasteiger partial charge on any atom is -0.489 e. The Labute approximate surface area is 263 Å². The Balaban J connectivity index is 1.28. The maximum Gasteiger partial charge on any atom is 0.491 e. The van der Waals surface area contributed by atoms with Gasteiger partial charge in [0.1, 0.15) is 12.4 Å². The van der Waals surface area contributed by atoms with Crippen molar-refractivity contribution in [3.05, 3.63) is 101 Å². The third-order valence-electron chi connectivity index (χ3n) is 10.0. The molecule has 0 atom stereocenters. The lowest BCUT2D eigenvalue weighted by Gasteiger charge is -2.36. The molecule has 6 nitrogen and oxygen atoms in total. The van der Waals surface area contributed by atoms with Crippen LogP contribution in [0.15, 0.2) is 78.3 Å². The lowest BCUT2D eigenvalue weighted by molar-refractivity contribution is -0.141. The van der Waals surface area contributed by atoms with Crippen LogP contribution in [-0.4, -0.2) is 51.9 Å². The topological polar surface area (TPSA) is 49.4 Å². The number of piperidine rings is 1. The number of anilines is 1.